The van der Waals surface area contributed by atoms with Crippen molar-refractivity contribution in [2.75, 3.05) is 6.54 Å². The van der Waals surface area contributed by atoms with Crippen molar-refractivity contribution in [3.8, 4) is 5.75 Å². The molecular weight excluding hydrogens is 260 g/mol. The van der Waals surface area contributed by atoms with Crippen LogP contribution in [0.25, 0.3) is 6.08 Å². The first kappa shape index (κ1) is 15.0. The van der Waals surface area contributed by atoms with Crippen LogP contribution in [-0.4, -0.2) is 19.2 Å². The van der Waals surface area contributed by atoms with E-state index in [0.29, 0.717) is 12.0 Å². The lowest BCUT2D eigenvalue weighted by molar-refractivity contribution is -0.0498. The Hall–Kier alpha value is -1.42. The number of nitrogens with one attached hydrogen (secondary N) is 1. The number of alkyl halides is 2. The molecular formula is C16H21F2NO. The van der Waals surface area contributed by atoms with Gasteiger partial charge in [0.05, 0.1) is 0 Å². The highest BCUT2D eigenvalue weighted by molar-refractivity contribution is 5.54. The van der Waals surface area contributed by atoms with Crippen molar-refractivity contribution < 1.29 is 13.5 Å². The van der Waals surface area contributed by atoms with Crippen LogP contribution in [0.3, 0.4) is 0 Å². The average Bonchev–Trinajstić information content (AvgIpc) is 3.19. The predicted octanol–water partition coefficient (Wildman–Crippen LogP) is 4.08. The van der Waals surface area contributed by atoms with Gasteiger partial charge in [-0.05, 0) is 36.5 Å². The van der Waals surface area contributed by atoms with E-state index in [-0.39, 0.29) is 5.75 Å². The monoisotopic (exact) mass is 281 g/mol. The van der Waals surface area contributed by atoms with Gasteiger partial charge in [0.15, 0.2) is 0 Å². The number of hydrogen-bond donors (Lipinski definition) is 1. The van der Waals surface area contributed by atoms with Crippen LogP contribution in [0.15, 0.2) is 29.8 Å². The largest absolute Gasteiger partial charge is 0.435 e. The van der Waals surface area contributed by atoms with Gasteiger partial charge in [0.25, 0.3) is 0 Å². The molecule has 0 saturated heterocycles. The zero-order chi connectivity index (χ0) is 14.5. The summed E-state index contributed by atoms with van der Waals surface area (Å²) in [4.78, 5) is 0. The van der Waals surface area contributed by atoms with E-state index in [9.17, 15) is 8.78 Å². The molecule has 1 aliphatic rings. The first-order chi connectivity index (χ1) is 9.54. The van der Waals surface area contributed by atoms with Crippen molar-refractivity contribution in [1.82, 2.24) is 5.32 Å². The van der Waals surface area contributed by atoms with Crippen LogP contribution in [0.2, 0.25) is 0 Å². The quantitative estimate of drug-likeness (QED) is 0.813. The van der Waals surface area contributed by atoms with Gasteiger partial charge in [0.2, 0.25) is 0 Å². The van der Waals surface area contributed by atoms with E-state index < -0.39 is 6.61 Å². The van der Waals surface area contributed by atoms with Crippen LogP contribution < -0.4 is 10.1 Å². The maximum atomic E-state index is 12.1. The second kappa shape index (κ2) is 6.84. The van der Waals surface area contributed by atoms with Crippen LogP contribution in [0, 0.1) is 5.92 Å². The number of benzene rings is 1. The Kier molecular flexibility index (Phi) is 5.12. The Morgan fingerprint density at radius 1 is 1.30 bits per heavy atom. The molecule has 0 aliphatic heterocycles. The van der Waals surface area contributed by atoms with E-state index in [0.717, 1.165) is 12.1 Å². The average molecular weight is 281 g/mol. The molecule has 1 aromatic rings. The molecule has 1 fully saturated rings. The van der Waals surface area contributed by atoms with Crippen molar-refractivity contribution >= 4 is 6.08 Å². The fraction of sp³-hybridized carbons (Fsp3) is 0.500. The first-order valence-corrected chi connectivity index (χ1v) is 7.03. The lowest BCUT2D eigenvalue weighted by Gasteiger charge is -2.13. The van der Waals surface area contributed by atoms with Gasteiger partial charge in [-0.2, -0.15) is 8.78 Å². The number of hydrogen-bond acceptors (Lipinski definition) is 2. The van der Waals surface area contributed by atoms with Crippen molar-refractivity contribution in [3.63, 3.8) is 0 Å². The Morgan fingerprint density at radius 2 is 1.95 bits per heavy atom. The molecule has 4 heteroatoms. The maximum absolute atomic E-state index is 12.1. The zero-order valence-electron chi connectivity index (χ0n) is 11.9. The van der Waals surface area contributed by atoms with Crippen molar-refractivity contribution in [2.24, 2.45) is 5.92 Å². The predicted molar refractivity (Wildman–Crippen MR) is 76.9 cm³/mol. The Morgan fingerprint density at radius 3 is 2.45 bits per heavy atom. The summed E-state index contributed by atoms with van der Waals surface area (Å²) in [5.41, 5.74) is 2.33. The summed E-state index contributed by atoms with van der Waals surface area (Å²) in [6.45, 7) is 2.44. The fourth-order valence-corrected chi connectivity index (χ4v) is 1.93. The summed E-state index contributed by atoms with van der Waals surface area (Å²) < 4.78 is 28.5. The molecule has 0 amide bonds. The third-order valence-corrected chi connectivity index (χ3v) is 3.37. The third-order valence-electron chi connectivity index (χ3n) is 3.37. The molecule has 1 aromatic carbocycles. The minimum Gasteiger partial charge on any atom is -0.435 e. The van der Waals surface area contributed by atoms with Gasteiger partial charge < -0.3 is 10.1 Å². The van der Waals surface area contributed by atoms with Crippen molar-refractivity contribution in [1.29, 1.82) is 0 Å². The maximum Gasteiger partial charge on any atom is 0.387 e. The molecule has 0 heterocycles. The molecule has 20 heavy (non-hydrogen) atoms. The van der Waals surface area contributed by atoms with Crippen LogP contribution in [0.1, 0.15) is 32.3 Å². The van der Waals surface area contributed by atoms with E-state index in [1.807, 2.05) is 0 Å². The Bertz CT molecular complexity index is 450. The summed E-state index contributed by atoms with van der Waals surface area (Å²) in [6.07, 6.45) is 4.66. The van der Waals surface area contributed by atoms with Gasteiger partial charge in [-0.25, -0.2) is 0 Å². The van der Waals surface area contributed by atoms with Gasteiger partial charge in [-0.1, -0.05) is 37.6 Å². The number of rotatable bonds is 7. The summed E-state index contributed by atoms with van der Waals surface area (Å²) in [5, 5.41) is 3.50. The molecule has 0 radical (unpaired) electrons. The van der Waals surface area contributed by atoms with Gasteiger partial charge >= 0.3 is 6.61 Å². The molecule has 0 bridgehead atoms. The Balaban J connectivity index is 2.01. The molecule has 0 atom stereocenters. The minimum absolute atomic E-state index is 0.194. The number of ether oxygens (including phenoxy) is 1. The molecule has 2 nitrogen and oxygen atoms in total. The molecule has 110 valence electrons. The lowest BCUT2D eigenvalue weighted by atomic mass is 10.00. The molecule has 0 spiro atoms. The molecule has 2 rings (SSSR count). The standard InChI is InChI=1S/C16H21F2NO/c1-11(2)13(10-19-14-5-6-14)9-12-3-7-15(8-4-12)20-16(17)18/h3-4,7-9,11,14,16,19H,5-6,10H2,1-2H3. The molecule has 1 aliphatic carbocycles. The summed E-state index contributed by atoms with van der Waals surface area (Å²) in [7, 11) is 0. The highest BCUT2D eigenvalue weighted by Gasteiger charge is 2.20. The second-order valence-corrected chi connectivity index (χ2v) is 5.48. The number of halogens is 2. The van der Waals surface area contributed by atoms with Crippen molar-refractivity contribution in [2.45, 2.75) is 39.3 Å². The topological polar surface area (TPSA) is 21.3 Å². The minimum atomic E-state index is -2.77. The first-order valence-electron chi connectivity index (χ1n) is 7.03. The summed E-state index contributed by atoms with van der Waals surface area (Å²) in [6, 6.07) is 7.43. The molecule has 0 aromatic heterocycles. The summed E-state index contributed by atoms with van der Waals surface area (Å²) in [5.74, 6) is 0.651. The highest BCUT2D eigenvalue weighted by Crippen LogP contribution is 2.22. The van der Waals surface area contributed by atoms with Crippen LogP contribution >= 0.6 is 0 Å². The van der Waals surface area contributed by atoms with E-state index in [1.54, 1.807) is 24.3 Å². The van der Waals surface area contributed by atoms with Crippen LogP contribution in [-0.2, 0) is 0 Å². The third kappa shape index (κ3) is 4.93. The summed E-state index contributed by atoms with van der Waals surface area (Å²) >= 11 is 0. The fourth-order valence-electron chi connectivity index (χ4n) is 1.93. The molecule has 1 N–H and O–H groups in total. The van der Waals surface area contributed by atoms with E-state index in [2.05, 4.69) is 30.0 Å². The van der Waals surface area contributed by atoms with E-state index in [1.165, 1.54) is 18.4 Å². The molecule has 1 saturated carbocycles. The normalized spacial score (nSPS) is 16.0. The smallest absolute Gasteiger partial charge is 0.387 e. The Labute approximate surface area is 118 Å². The highest BCUT2D eigenvalue weighted by atomic mass is 19.3. The van der Waals surface area contributed by atoms with Gasteiger partial charge in [-0.3, -0.25) is 0 Å². The SMILES string of the molecule is CC(C)C(=Cc1ccc(OC(F)F)cc1)CNC1CC1. The van der Waals surface area contributed by atoms with Crippen LogP contribution in [0.4, 0.5) is 8.78 Å². The van der Waals surface area contributed by atoms with E-state index in [4.69, 9.17) is 0 Å². The zero-order valence-corrected chi connectivity index (χ0v) is 11.9. The molecule has 0 unspecified atom stereocenters. The van der Waals surface area contributed by atoms with Gasteiger partial charge in [-0.15, -0.1) is 0 Å². The van der Waals surface area contributed by atoms with Gasteiger partial charge in [0, 0.05) is 12.6 Å². The second-order valence-electron chi connectivity index (χ2n) is 5.48. The van der Waals surface area contributed by atoms with E-state index >= 15 is 0 Å². The lowest BCUT2D eigenvalue weighted by Crippen LogP contribution is -2.21. The van der Waals surface area contributed by atoms with Crippen molar-refractivity contribution in [3.05, 3.63) is 35.4 Å². The van der Waals surface area contributed by atoms with Gasteiger partial charge in [0.1, 0.15) is 5.75 Å². The van der Waals surface area contributed by atoms with Crippen LogP contribution in [0.5, 0.6) is 5.75 Å².